The van der Waals surface area contributed by atoms with Gasteiger partial charge in [-0.15, -0.1) is 0 Å². The molecule has 0 bridgehead atoms. The highest BCUT2D eigenvalue weighted by Crippen LogP contribution is 2.34. The van der Waals surface area contributed by atoms with E-state index in [1.165, 1.54) is 14.2 Å². The first kappa shape index (κ1) is 15.2. The maximum Gasteiger partial charge on any atom is 0.213 e. The van der Waals surface area contributed by atoms with Gasteiger partial charge in [-0.05, 0) is 31.9 Å². The van der Waals surface area contributed by atoms with Crippen LogP contribution in [0.15, 0.2) is 33.5 Å². The van der Waals surface area contributed by atoms with Gasteiger partial charge in [0, 0.05) is 44.6 Å². The van der Waals surface area contributed by atoms with Crippen LogP contribution in [0.25, 0.3) is 0 Å². The minimum absolute atomic E-state index is 0.430. The lowest BCUT2D eigenvalue weighted by atomic mass is 10.0. The van der Waals surface area contributed by atoms with Gasteiger partial charge >= 0.3 is 0 Å². The Bertz CT molecular complexity index is 569. The quantitative estimate of drug-likeness (QED) is 0.849. The first-order chi connectivity index (χ1) is 9.56. The van der Waals surface area contributed by atoms with Gasteiger partial charge < -0.3 is 14.6 Å². The lowest BCUT2D eigenvalue weighted by Crippen LogP contribution is -2.04. The molecule has 1 N–H and O–H groups in total. The van der Waals surface area contributed by atoms with E-state index in [0.29, 0.717) is 31.8 Å². The highest BCUT2D eigenvalue weighted by molar-refractivity contribution is 9.10. The van der Waals surface area contributed by atoms with Crippen LogP contribution in [0.5, 0.6) is 11.8 Å². The molecule has 0 aliphatic heterocycles. The van der Waals surface area contributed by atoms with E-state index in [4.69, 9.17) is 9.47 Å². The summed E-state index contributed by atoms with van der Waals surface area (Å²) in [6.45, 7) is 0. The molecular formula is C13H12Br2N2O3. The number of nitrogens with zero attached hydrogens (tertiary/aromatic N) is 2. The lowest BCUT2D eigenvalue weighted by molar-refractivity contribution is 0.217. The monoisotopic (exact) mass is 402 g/mol. The third-order valence-electron chi connectivity index (χ3n) is 2.73. The van der Waals surface area contributed by atoms with Gasteiger partial charge in [-0.1, -0.05) is 0 Å². The predicted octanol–water partition coefficient (Wildman–Crippen LogP) is 3.10. The molecule has 0 radical (unpaired) electrons. The zero-order valence-corrected chi connectivity index (χ0v) is 14.0. The van der Waals surface area contributed by atoms with E-state index >= 15 is 0 Å². The van der Waals surface area contributed by atoms with Gasteiger partial charge in [0.25, 0.3) is 0 Å². The Hall–Kier alpha value is -1.18. The summed E-state index contributed by atoms with van der Waals surface area (Å²) in [5.74, 6) is 0.860. The number of halogens is 2. The molecule has 0 saturated carbocycles. The molecule has 0 spiro atoms. The summed E-state index contributed by atoms with van der Waals surface area (Å²) in [6, 6.07) is 3.35. The average molecular weight is 404 g/mol. The zero-order valence-electron chi connectivity index (χ0n) is 10.8. The summed E-state index contributed by atoms with van der Waals surface area (Å²) in [6.07, 6.45) is 2.31. The minimum atomic E-state index is -0.868. The van der Waals surface area contributed by atoms with Gasteiger partial charge in [0.1, 0.15) is 6.10 Å². The van der Waals surface area contributed by atoms with Gasteiger partial charge in [-0.3, -0.25) is 0 Å². The van der Waals surface area contributed by atoms with E-state index in [1.54, 1.807) is 24.5 Å². The predicted molar refractivity (Wildman–Crippen MR) is 81.0 cm³/mol. The van der Waals surface area contributed by atoms with Crippen LogP contribution in [0.3, 0.4) is 0 Å². The van der Waals surface area contributed by atoms with Crippen LogP contribution in [0.2, 0.25) is 0 Å². The molecular weight excluding hydrogens is 392 g/mol. The van der Waals surface area contributed by atoms with Crippen LogP contribution in [-0.2, 0) is 0 Å². The first-order valence-electron chi connectivity index (χ1n) is 5.63. The number of pyridine rings is 2. The normalized spacial score (nSPS) is 10.7. The number of rotatable bonds is 4. The van der Waals surface area contributed by atoms with Gasteiger partial charge in [-0.25, -0.2) is 9.97 Å². The smallest absolute Gasteiger partial charge is 0.213 e. The zero-order chi connectivity index (χ0) is 14.7. The molecule has 2 rings (SSSR count). The Balaban J connectivity index is 2.47. The lowest BCUT2D eigenvalue weighted by Gasteiger charge is -2.16. The second kappa shape index (κ2) is 6.51. The number of hydrogen-bond donors (Lipinski definition) is 1. The first-order valence-corrected chi connectivity index (χ1v) is 7.22. The highest BCUT2D eigenvalue weighted by atomic mass is 79.9. The fourth-order valence-corrected chi connectivity index (χ4v) is 2.55. The van der Waals surface area contributed by atoms with Crippen LogP contribution >= 0.6 is 31.9 Å². The molecule has 0 saturated heterocycles. The van der Waals surface area contributed by atoms with Gasteiger partial charge in [0.05, 0.1) is 14.2 Å². The van der Waals surface area contributed by atoms with E-state index in [-0.39, 0.29) is 0 Å². The fourth-order valence-electron chi connectivity index (χ4n) is 1.68. The standard InChI is InChI=1S/C13H12Br2N2O3/c1-19-11-3-7(9(14)5-16-11)13(18)8-4-12(20-2)17-6-10(8)15/h3-6,13,18H,1-2H3. The van der Waals surface area contributed by atoms with Gasteiger partial charge in [0.2, 0.25) is 11.8 Å². The van der Waals surface area contributed by atoms with Crippen LogP contribution in [-0.4, -0.2) is 29.3 Å². The van der Waals surface area contributed by atoms with Crippen molar-refractivity contribution in [2.75, 3.05) is 14.2 Å². The summed E-state index contributed by atoms with van der Waals surface area (Å²) in [7, 11) is 3.05. The van der Waals surface area contributed by atoms with Crippen molar-refractivity contribution < 1.29 is 14.6 Å². The molecule has 7 heteroatoms. The topological polar surface area (TPSA) is 64.5 Å². The molecule has 106 valence electrons. The van der Waals surface area contributed by atoms with E-state index < -0.39 is 6.10 Å². The highest BCUT2D eigenvalue weighted by Gasteiger charge is 2.19. The Labute approximate surface area is 133 Å². The van der Waals surface area contributed by atoms with Crippen molar-refractivity contribution in [1.29, 1.82) is 0 Å². The Kier molecular flexibility index (Phi) is 4.95. The van der Waals surface area contributed by atoms with Crippen LogP contribution < -0.4 is 9.47 Å². The fraction of sp³-hybridized carbons (Fsp3) is 0.231. The van der Waals surface area contributed by atoms with Crippen LogP contribution in [0.4, 0.5) is 0 Å². The molecule has 0 aliphatic carbocycles. The molecule has 0 fully saturated rings. The van der Waals surface area contributed by atoms with Crippen LogP contribution in [0, 0.1) is 0 Å². The third kappa shape index (κ3) is 3.11. The van der Waals surface area contributed by atoms with Crippen molar-refractivity contribution in [2.24, 2.45) is 0 Å². The SMILES string of the molecule is COc1cc(C(O)c2cc(OC)ncc2Br)c(Br)cn1. The number of aliphatic hydroxyl groups is 1. The summed E-state index contributed by atoms with van der Waals surface area (Å²) >= 11 is 6.75. The molecule has 2 aromatic heterocycles. The van der Waals surface area contributed by atoms with Gasteiger partial charge in [0.15, 0.2) is 0 Å². The van der Waals surface area contributed by atoms with E-state index in [1.807, 2.05) is 0 Å². The van der Waals surface area contributed by atoms with E-state index in [0.717, 1.165) is 0 Å². The number of ether oxygens (including phenoxy) is 2. The maximum atomic E-state index is 10.6. The maximum absolute atomic E-state index is 10.6. The largest absolute Gasteiger partial charge is 0.481 e. The summed E-state index contributed by atoms with van der Waals surface area (Å²) in [5.41, 5.74) is 1.29. The Morgan fingerprint density at radius 3 is 1.70 bits per heavy atom. The Morgan fingerprint density at radius 2 is 1.35 bits per heavy atom. The van der Waals surface area contributed by atoms with Crippen molar-refractivity contribution in [2.45, 2.75) is 6.10 Å². The summed E-state index contributed by atoms with van der Waals surface area (Å²) < 4.78 is 11.5. The van der Waals surface area contributed by atoms with Crippen molar-refractivity contribution in [1.82, 2.24) is 9.97 Å². The molecule has 0 aromatic carbocycles. The van der Waals surface area contributed by atoms with Crippen molar-refractivity contribution in [3.8, 4) is 11.8 Å². The second-order valence-electron chi connectivity index (χ2n) is 3.90. The number of methoxy groups -OCH3 is 2. The number of hydrogen-bond acceptors (Lipinski definition) is 5. The van der Waals surface area contributed by atoms with E-state index in [2.05, 4.69) is 41.8 Å². The van der Waals surface area contributed by atoms with Crippen molar-refractivity contribution >= 4 is 31.9 Å². The molecule has 0 unspecified atom stereocenters. The molecule has 0 aliphatic rings. The molecule has 2 aromatic rings. The molecule has 20 heavy (non-hydrogen) atoms. The third-order valence-corrected chi connectivity index (χ3v) is 4.05. The van der Waals surface area contributed by atoms with Gasteiger partial charge in [-0.2, -0.15) is 0 Å². The van der Waals surface area contributed by atoms with Crippen molar-refractivity contribution in [3.63, 3.8) is 0 Å². The molecule has 0 amide bonds. The number of aromatic nitrogens is 2. The average Bonchev–Trinajstić information content (AvgIpc) is 2.47. The molecule has 2 heterocycles. The molecule has 5 nitrogen and oxygen atoms in total. The summed E-state index contributed by atoms with van der Waals surface area (Å²) in [4.78, 5) is 8.12. The second-order valence-corrected chi connectivity index (χ2v) is 5.61. The van der Waals surface area contributed by atoms with E-state index in [9.17, 15) is 5.11 Å². The van der Waals surface area contributed by atoms with Crippen molar-refractivity contribution in [3.05, 3.63) is 44.6 Å². The Morgan fingerprint density at radius 1 is 0.950 bits per heavy atom. The minimum Gasteiger partial charge on any atom is -0.481 e. The van der Waals surface area contributed by atoms with Crippen LogP contribution in [0.1, 0.15) is 17.2 Å². The number of aliphatic hydroxyl groups excluding tert-OH is 1. The molecule has 0 atom stereocenters. The summed E-state index contributed by atoms with van der Waals surface area (Å²) in [5, 5.41) is 10.6.